The zero-order chi connectivity index (χ0) is 8.04. The van der Waals surface area contributed by atoms with Gasteiger partial charge in [0.05, 0.1) is 14.3 Å². The van der Waals surface area contributed by atoms with Crippen LogP contribution >= 0.6 is 0 Å². The summed E-state index contributed by atoms with van der Waals surface area (Å²) in [6, 6.07) is 0. The maximum absolute atomic E-state index is 4.93. The van der Waals surface area contributed by atoms with Gasteiger partial charge in [-0.25, -0.2) is 0 Å². The van der Waals surface area contributed by atoms with E-state index in [2.05, 4.69) is 38.0 Å². The second-order valence-electron chi connectivity index (χ2n) is 3.27. The molecule has 0 atom stereocenters. The average Bonchev–Trinajstić information content (AvgIpc) is 1.78. The van der Waals surface area contributed by atoms with E-state index < -0.39 is 8.07 Å². The summed E-state index contributed by atoms with van der Waals surface area (Å²) in [6.45, 7) is 11.0. The lowest BCUT2D eigenvalue weighted by Gasteiger charge is -2.07. The standard InChI is InChI=1S/C8H16OSi/c1-5-9-7-6-8-10(2,3)4/h5-6,8H,1,7H2,2-4H3/b8-6+. The highest BCUT2D eigenvalue weighted by Crippen LogP contribution is 2.01. The molecule has 0 saturated carbocycles. The lowest BCUT2D eigenvalue weighted by molar-refractivity contribution is 0.291. The summed E-state index contributed by atoms with van der Waals surface area (Å²) in [4.78, 5) is 0. The van der Waals surface area contributed by atoms with E-state index in [4.69, 9.17) is 4.74 Å². The molecule has 0 amide bonds. The molecule has 2 heteroatoms. The Morgan fingerprint density at radius 2 is 2.00 bits per heavy atom. The van der Waals surface area contributed by atoms with Gasteiger partial charge in [0.25, 0.3) is 0 Å². The van der Waals surface area contributed by atoms with E-state index in [1.54, 1.807) is 0 Å². The Balaban J connectivity index is 3.46. The molecular weight excluding hydrogens is 140 g/mol. The molecule has 0 rings (SSSR count). The Kier molecular flexibility index (Phi) is 4.12. The lowest BCUT2D eigenvalue weighted by Crippen LogP contribution is -2.15. The van der Waals surface area contributed by atoms with E-state index in [-0.39, 0.29) is 0 Å². The molecule has 0 fully saturated rings. The highest BCUT2D eigenvalue weighted by molar-refractivity contribution is 6.80. The van der Waals surface area contributed by atoms with E-state index in [0.717, 1.165) is 0 Å². The number of ether oxygens (including phenoxy) is 1. The monoisotopic (exact) mass is 156 g/mol. The fourth-order valence-electron chi connectivity index (χ4n) is 0.525. The van der Waals surface area contributed by atoms with Crippen molar-refractivity contribution >= 4 is 8.07 Å². The van der Waals surface area contributed by atoms with Crippen LogP contribution in [0.3, 0.4) is 0 Å². The smallest absolute Gasteiger partial charge is 0.105 e. The van der Waals surface area contributed by atoms with Crippen molar-refractivity contribution in [3.8, 4) is 0 Å². The Morgan fingerprint density at radius 1 is 1.40 bits per heavy atom. The molecule has 0 bridgehead atoms. The third-order valence-electron chi connectivity index (χ3n) is 0.928. The molecule has 0 aromatic heterocycles. The first-order chi connectivity index (χ1) is 4.56. The van der Waals surface area contributed by atoms with Crippen LogP contribution in [0.1, 0.15) is 0 Å². The van der Waals surface area contributed by atoms with Crippen molar-refractivity contribution in [1.29, 1.82) is 0 Å². The van der Waals surface area contributed by atoms with Gasteiger partial charge in [-0.05, 0) is 0 Å². The first kappa shape index (κ1) is 9.50. The van der Waals surface area contributed by atoms with Crippen LogP contribution in [0.4, 0.5) is 0 Å². The second-order valence-corrected chi connectivity index (χ2v) is 8.33. The molecule has 0 aliphatic carbocycles. The summed E-state index contributed by atoms with van der Waals surface area (Å²) < 4.78 is 4.93. The molecule has 10 heavy (non-hydrogen) atoms. The van der Waals surface area contributed by atoms with Crippen molar-refractivity contribution in [1.82, 2.24) is 0 Å². The topological polar surface area (TPSA) is 9.23 Å². The van der Waals surface area contributed by atoms with Crippen molar-refractivity contribution in [3.05, 3.63) is 24.6 Å². The zero-order valence-corrected chi connectivity index (χ0v) is 8.05. The van der Waals surface area contributed by atoms with Gasteiger partial charge in [0.1, 0.15) is 6.61 Å². The molecule has 0 saturated heterocycles. The summed E-state index contributed by atoms with van der Waals surface area (Å²) in [5, 5.41) is 0. The first-order valence-electron chi connectivity index (χ1n) is 3.46. The molecule has 0 aromatic carbocycles. The predicted molar refractivity (Wildman–Crippen MR) is 48.6 cm³/mol. The van der Waals surface area contributed by atoms with Crippen molar-refractivity contribution in [3.63, 3.8) is 0 Å². The van der Waals surface area contributed by atoms with Crippen molar-refractivity contribution in [2.75, 3.05) is 6.61 Å². The molecule has 0 aliphatic rings. The zero-order valence-electron chi connectivity index (χ0n) is 7.05. The molecule has 0 heterocycles. The van der Waals surface area contributed by atoms with Crippen LogP contribution in [-0.2, 0) is 4.74 Å². The fourth-order valence-corrected chi connectivity index (χ4v) is 1.33. The summed E-state index contributed by atoms with van der Waals surface area (Å²) in [7, 11) is -1.00. The lowest BCUT2D eigenvalue weighted by atomic mass is 10.7. The van der Waals surface area contributed by atoms with Gasteiger partial charge in [0.2, 0.25) is 0 Å². The van der Waals surface area contributed by atoms with Gasteiger partial charge in [0.15, 0.2) is 0 Å². The molecule has 0 unspecified atom stereocenters. The number of hydrogen-bond acceptors (Lipinski definition) is 1. The van der Waals surface area contributed by atoms with Crippen molar-refractivity contribution in [2.24, 2.45) is 0 Å². The minimum absolute atomic E-state index is 0.660. The van der Waals surface area contributed by atoms with Crippen LogP contribution in [0, 0.1) is 0 Å². The molecular formula is C8H16OSi. The van der Waals surface area contributed by atoms with Gasteiger partial charge in [-0.3, -0.25) is 0 Å². The van der Waals surface area contributed by atoms with Crippen LogP contribution < -0.4 is 0 Å². The normalized spacial score (nSPS) is 11.9. The highest BCUT2D eigenvalue weighted by Gasteiger charge is 2.05. The third-order valence-corrected chi connectivity index (χ3v) is 2.16. The highest BCUT2D eigenvalue weighted by atomic mass is 28.3. The summed E-state index contributed by atoms with van der Waals surface area (Å²) >= 11 is 0. The van der Waals surface area contributed by atoms with Crippen LogP contribution in [0.2, 0.25) is 19.6 Å². The summed E-state index contributed by atoms with van der Waals surface area (Å²) in [5.41, 5.74) is 2.26. The van der Waals surface area contributed by atoms with Gasteiger partial charge in [-0.2, -0.15) is 0 Å². The molecule has 0 N–H and O–H groups in total. The summed E-state index contributed by atoms with van der Waals surface area (Å²) in [5.74, 6) is 0. The Morgan fingerprint density at radius 3 is 2.40 bits per heavy atom. The van der Waals surface area contributed by atoms with Crippen LogP contribution in [0.25, 0.3) is 0 Å². The van der Waals surface area contributed by atoms with E-state index in [0.29, 0.717) is 6.61 Å². The molecule has 1 nitrogen and oxygen atoms in total. The van der Waals surface area contributed by atoms with Crippen molar-refractivity contribution in [2.45, 2.75) is 19.6 Å². The summed E-state index contributed by atoms with van der Waals surface area (Å²) in [6.07, 6.45) is 3.53. The quantitative estimate of drug-likeness (QED) is 0.345. The van der Waals surface area contributed by atoms with Gasteiger partial charge < -0.3 is 4.74 Å². The number of rotatable bonds is 4. The third kappa shape index (κ3) is 7.50. The van der Waals surface area contributed by atoms with E-state index in [1.165, 1.54) is 6.26 Å². The minimum Gasteiger partial charge on any atom is -0.498 e. The first-order valence-corrected chi connectivity index (χ1v) is 7.04. The predicted octanol–water partition coefficient (Wildman–Crippen LogP) is 2.58. The molecule has 0 aliphatic heterocycles. The van der Waals surface area contributed by atoms with Gasteiger partial charge >= 0.3 is 0 Å². The maximum Gasteiger partial charge on any atom is 0.105 e. The van der Waals surface area contributed by atoms with E-state index in [9.17, 15) is 0 Å². The Hall–Kier alpha value is -0.503. The largest absolute Gasteiger partial charge is 0.498 e. The minimum atomic E-state index is -1.00. The number of hydrogen-bond donors (Lipinski definition) is 0. The fraction of sp³-hybridized carbons (Fsp3) is 0.500. The van der Waals surface area contributed by atoms with Gasteiger partial charge in [0, 0.05) is 0 Å². The molecule has 0 aromatic rings. The van der Waals surface area contributed by atoms with Crippen LogP contribution in [0.15, 0.2) is 24.6 Å². The molecule has 0 radical (unpaired) electrons. The van der Waals surface area contributed by atoms with Crippen molar-refractivity contribution < 1.29 is 4.74 Å². The molecule has 0 spiro atoms. The van der Waals surface area contributed by atoms with E-state index >= 15 is 0 Å². The second kappa shape index (κ2) is 4.33. The average molecular weight is 156 g/mol. The SMILES string of the molecule is C=COC/C=C/[Si](C)(C)C. The maximum atomic E-state index is 4.93. The Labute approximate surface area is 64.4 Å². The molecule has 58 valence electrons. The van der Waals surface area contributed by atoms with Crippen LogP contribution in [0.5, 0.6) is 0 Å². The van der Waals surface area contributed by atoms with Crippen LogP contribution in [-0.4, -0.2) is 14.7 Å². The Bertz CT molecular complexity index is 122. The van der Waals surface area contributed by atoms with E-state index in [1.807, 2.05) is 0 Å². The van der Waals surface area contributed by atoms with Gasteiger partial charge in [-0.15, -0.1) is 0 Å². The van der Waals surface area contributed by atoms with Gasteiger partial charge in [-0.1, -0.05) is 38.0 Å².